The van der Waals surface area contributed by atoms with E-state index in [-0.39, 0.29) is 5.82 Å². The molecule has 6 nitrogen and oxygen atoms in total. The fraction of sp³-hybridized carbons (Fsp3) is 0.188. The van der Waals surface area contributed by atoms with Crippen molar-refractivity contribution in [3.05, 3.63) is 52.2 Å². The number of ether oxygens (including phenoxy) is 1. The van der Waals surface area contributed by atoms with Crippen LogP contribution in [0.4, 0.5) is 5.82 Å². The van der Waals surface area contributed by atoms with Crippen molar-refractivity contribution in [2.24, 2.45) is 0 Å². The smallest absolute Gasteiger partial charge is 0.331 e. The highest BCUT2D eigenvalue weighted by Crippen LogP contribution is 2.17. The standard InChI is InChI=1S/C16H15BrN2O4/c1-10-9-14(19-23-10)18-16(21)11(2)22-15(20)8-7-12-5-3-4-6-13(12)17/h3-9,11H,1-2H3,(H,18,19,21)/b8-7+/t11-/m1/s1. The summed E-state index contributed by atoms with van der Waals surface area (Å²) in [7, 11) is 0. The van der Waals surface area contributed by atoms with E-state index in [1.165, 1.54) is 13.0 Å². The summed E-state index contributed by atoms with van der Waals surface area (Å²) < 4.78 is 10.7. The number of nitrogens with zero attached hydrogens (tertiary/aromatic N) is 1. The van der Waals surface area contributed by atoms with E-state index < -0.39 is 18.0 Å². The van der Waals surface area contributed by atoms with Gasteiger partial charge in [0.15, 0.2) is 11.9 Å². The average Bonchev–Trinajstić information content (AvgIpc) is 2.91. The van der Waals surface area contributed by atoms with Crippen LogP contribution in [-0.4, -0.2) is 23.1 Å². The number of carbonyl (C=O) groups excluding carboxylic acids is 2. The molecule has 1 aromatic heterocycles. The van der Waals surface area contributed by atoms with Crippen LogP contribution in [-0.2, 0) is 14.3 Å². The molecule has 0 unspecified atom stereocenters. The summed E-state index contributed by atoms with van der Waals surface area (Å²) in [6.07, 6.45) is 1.92. The molecule has 0 saturated carbocycles. The van der Waals surface area contributed by atoms with Crippen LogP contribution >= 0.6 is 15.9 Å². The van der Waals surface area contributed by atoms with Crippen molar-refractivity contribution in [2.75, 3.05) is 5.32 Å². The maximum atomic E-state index is 11.9. The quantitative estimate of drug-likeness (QED) is 0.637. The molecule has 1 N–H and O–H groups in total. The molecule has 0 spiro atoms. The minimum Gasteiger partial charge on any atom is -0.449 e. The van der Waals surface area contributed by atoms with Crippen molar-refractivity contribution in [3.63, 3.8) is 0 Å². The lowest BCUT2D eigenvalue weighted by Gasteiger charge is -2.10. The number of aromatic nitrogens is 1. The monoisotopic (exact) mass is 378 g/mol. The van der Waals surface area contributed by atoms with E-state index in [0.717, 1.165) is 10.0 Å². The van der Waals surface area contributed by atoms with Gasteiger partial charge in [-0.3, -0.25) is 4.79 Å². The Balaban J connectivity index is 1.89. The Bertz CT molecular complexity index is 739. The van der Waals surface area contributed by atoms with Crippen LogP contribution in [0.1, 0.15) is 18.2 Å². The number of esters is 1. The van der Waals surface area contributed by atoms with Gasteiger partial charge in [-0.15, -0.1) is 0 Å². The van der Waals surface area contributed by atoms with Gasteiger partial charge in [0.05, 0.1) is 0 Å². The van der Waals surface area contributed by atoms with Crippen LogP contribution in [0.2, 0.25) is 0 Å². The van der Waals surface area contributed by atoms with E-state index in [1.54, 1.807) is 19.1 Å². The molecule has 0 fully saturated rings. The van der Waals surface area contributed by atoms with Crippen LogP contribution in [0.15, 0.2) is 45.4 Å². The van der Waals surface area contributed by atoms with Crippen LogP contribution in [0, 0.1) is 6.92 Å². The topological polar surface area (TPSA) is 81.4 Å². The fourth-order valence-electron chi connectivity index (χ4n) is 1.69. The third-order valence-electron chi connectivity index (χ3n) is 2.85. The van der Waals surface area contributed by atoms with Crippen molar-refractivity contribution < 1.29 is 18.8 Å². The molecule has 120 valence electrons. The van der Waals surface area contributed by atoms with E-state index in [2.05, 4.69) is 26.4 Å². The van der Waals surface area contributed by atoms with E-state index >= 15 is 0 Å². The van der Waals surface area contributed by atoms with E-state index in [4.69, 9.17) is 9.26 Å². The van der Waals surface area contributed by atoms with Gasteiger partial charge in [-0.2, -0.15) is 0 Å². The Morgan fingerprint density at radius 2 is 2.13 bits per heavy atom. The number of nitrogens with one attached hydrogen (secondary N) is 1. The molecule has 7 heteroatoms. The van der Waals surface area contributed by atoms with Crippen molar-refractivity contribution >= 4 is 39.7 Å². The second kappa shape index (κ2) is 7.73. The van der Waals surface area contributed by atoms with Crippen molar-refractivity contribution in [3.8, 4) is 0 Å². The number of benzene rings is 1. The van der Waals surface area contributed by atoms with Crippen molar-refractivity contribution in [2.45, 2.75) is 20.0 Å². The van der Waals surface area contributed by atoms with Gasteiger partial charge in [0.1, 0.15) is 5.76 Å². The van der Waals surface area contributed by atoms with E-state index in [1.807, 2.05) is 24.3 Å². The summed E-state index contributed by atoms with van der Waals surface area (Å²) in [5, 5.41) is 6.13. The zero-order valence-corrected chi connectivity index (χ0v) is 14.2. The lowest BCUT2D eigenvalue weighted by molar-refractivity contribution is -0.148. The average molecular weight is 379 g/mol. The molecular weight excluding hydrogens is 364 g/mol. The normalized spacial score (nSPS) is 12.1. The van der Waals surface area contributed by atoms with Crippen LogP contribution < -0.4 is 5.32 Å². The molecule has 1 atom stereocenters. The van der Waals surface area contributed by atoms with E-state index in [9.17, 15) is 9.59 Å². The molecule has 0 bridgehead atoms. The largest absolute Gasteiger partial charge is 0.449 e. The Labute approximate surface area is 141 Å². The number of amides is 1. The molecule has 0 aliphatic rings. The first-order valence-corrected chi connectivity index (χ1v) is 7.62. The van der Waals surface area contributed by atoms with Gasteiger partial charge >= 0.3 is 5.97 Å². The lowest BCUT2D eigenvalue weighted by Crippen LogP contribution is -2.29. The first-order valence-electron chi connectivity index (χ1n) is 6.83. The van der Waals surface area contributed by atoms with Crippen LogP contribution in [0.3, 0.4) is 0 Å². The van der Waals surface area contributed by atoms with Gasteiger partial charge in [-0.25, -0.2) is 4.79 Å². The predicted octanol–water partition coefficient (Wildman–Crippen LogP) is 3.33. The summed E-state index contributed by atoms with van der Waals surface area (Å²) in [5.41, 5.74) is 0.833. The lowest BCUT2D eigenvalue weighted by atomic mass is 10.2. The first-order chi connectivity index (χ1) is 11.0. The summed E-state index contributed by atoms with van der Waals surface area (Å²) in [6, 6.07) is 9.00. The molecule has 1 amide bonds. The highest BCUT2D eigenvalue weighted by molar-refractivity contribution is 9.10. The Morgan fingerprint density at radius 3 is 2.78 bits per heavy atom. The Kier molecular flexibility index (Phi) is 5.70. The maximum absolute atomic E-state index is 11.9. The highest BCUT2D eigenvalue weighted by atomic mass is 79.9. The molecule has 2 rings (SSSR count). The summed E-state index contributed by atoms with van der Waals surface area (Å²) >= 11 is 3.38. The number of carbonyl (C=O) groups is 2. The summed E-state index contributed by atoms with van der Waals surface area (Å²) in [4.78, 5) is 23.6. The molecule has 1 aromatic carbocycles. The van der Waals surface area contributed by atoms with Crippen molar-refractivity contribution in [1.29, 1.82) is 0 Å². The molecule has 1 heterocycles. The third kappa shape index (κ3) is 5.07. The molecule has 0 aliphatic heterocycles. The molecule has 23 heavy (non-hydrogen) atoms. The molecule has 0 radical (unpaired) electrons. The van der Waals surface area contributed by atoms with Crippen molar-refractivity contribution in [1.82, 2.24) is 5.16 Å². The van der Waals surface area contributed by atoms with Crippen LogP contribution in [0.5, 0.6) is 0 Å². The first kappa shape index (κ1) is 17.0. The predicted molar refractivity (Wildman–Crippen MR) is 88.6 cm³/mol. The van der Waals surface area contributed by atoms with Gasteiger partial charge in [0, 0.05) is 16.6 Å². The maximum Gasteiger partial charge on any atom is 0.331 e. The zero-order chi connectivity index (χ0) is 16.8. The van der Waals surface area contributed by atoms with Gasteiger partial charge in [-0.1, -0.05) is 39.3 Å². The summed E-state index contributed by atoms with van der Waals surface area (Å²) in [5.74, 6) is -0.249. The van der Waals surface area contributed by atoms with Gasteiger partial charge < -0.3 is 14.6 Å². The number of rotatable bonds is 5. The number of aryl methyl sites for hydroxylation is 1. The Hall–Kier alpha value is -2.41. The molecular formula is C16H15BrN2O4. The minimum absolute atomic E-state index is 0.277. The number of hydrogen-bond donors (Lipinski definition) is 1. The minimum atomic E-state index is -0.955. The molecule has 2 aromatic rings. The summed E-state index contributed by atoms with van der Waals surface area (Å²) in [6.45, 7) is 3.19. The van der Waals surface area contributed by atoms with Crippen LogP contribution in [0.25, 0.3) is 6.08 Å². The van der Waals surface area contributed by atoms with Gasteiger partial charge in [-0.05, 0) is 31.6 Å². The van der Waals surface area contributed by atoms with Gasteiger partial charge in [0.25, 0.3) is 5.91 Å². The second-order valence-electron chi connectivity index (χ2n) is 4.75. The SMILES string of the molecule is Cc1cc(NC(=O)[C@@H](C)OC(=O)/C=C/c2ccccc2Br)no1. The number of hydrogen-bond acceptors (Lipinski definition) is 5. The zero-order valence-electron chi connectivity index (χ0n) is 12.6. The Morgan fingerprint density at radius 1 is 1.39 bits per heavy atom. The number of halogens is 1. The number of anilines is 1. The molecule has 0 saturated heterocycles. The second-order valence-corrected chi connectivity index (χ2v) is 5.60. The molecule has 0 aliphatic carbocycles. The fourth-order valence-corrected chi connectivity index (χ4v) is 2.11. The van der Waals surface area contributed by atoms with Gasteiger partial charge in [0.2, 0.25) is 0 Å². The highest BCUT2D eigenvalue weighted by Gasteiger charge is 2.18. The van der Waals surface area contributed by atoms with E-state index in [0.29, 0.717) is 5.76 Å². The third-order valence-corrected chi connectivity index (χ3v) is 3.57.